The van der Waals surface area contributed by atoms with E-state index < -0.39 is 6.04 Å². The molecule has 0 heterocycles. The van der Waals surface area contributed by atoms with Crippen LogP contribution in [0.4, 0.5) is 4.39 Å². The van der Waals surface area contributed by atoms with Crippen molar-refractivity contribution in [2.24, 2.45) is 5.92 Å². The van der Waals surface area contributed by atoms with Crippen molar-refractivity contribution in [1.82, 2.24) is 10.2 Å². The Labute approximate surface area is 177 Å². The van der Waals surface area contributed by atoms with Crippen LogP contribution in [-0.2, 0) is 16.1 Å². The zero-order chi connectivity index (χ0) is 22.1. The van der Waals surface area contributed by atoms with Gasteiger partial charge in [-0.1, -0.05) is 26.0 Å². The number of methoxy groups -OCH3 is 1. The molecule has 0 spiro atoms. The van der Waals surface area contributed by atoms with Crippen LogP contribution in [-0.4, -0.2) is 43.0 Å². The van der Waals surface area contributed by atoms with Crippen LogP contribution in [0.3, 0.4) is 0 Å². The number of hydrogen-bond donors (Lipinski definition) is 1. The van der Waals surface area contributed by atoms with Gasteiger partial charge in [0.1, 0.15) is 23.4 Å². The SMILES string of the molecule is COc1ccc(CN(C(=O)COc2ccc(F)cc2)[C@H](C)C(=O)NCC(C)C)cc1. The summed E-state index contributed by atoms with van der Waals surface area (Å²) in [6.45, 7) is 6.20. The first kappa shape index (κ1) is 23.2. The number of nitrogens with one attached hydrogen (secondary N) is 1. The molecule has 0 aliphatic rings. The summed E-state index contributed by atoms with van der Waals surface area (Å²) < 4.78 is 23.7. The predicted molar refractivity (Wildman–Crippen MR) is 113 cm³/mol. The molecule has 0 aliphatic carbocycles. The lowest BCUT2D eigenvalue weighted by atomic mass is 10.1. The van der Waals surface area contributed by atoms with Gasteiger partial charge in [-0.2, -0.15) is 0 Å². The maximum atomic E-state index is 13.1. The van der Waals surface area contributed by atoms with Crippen LogP contribution in [0.25, 0.3) is 0 Å². The minimum Gasteiger partial charge on any atom is -0.497 e. The second-order valence-electron chi connectivity index (χ2n) is 7.43. The molecule has 0 saturated heterocycles. The van der Waals surface area contributed by atoms with Crippen LogP contribution in [0.15, 0.2) is 48.5 Å². The molecular weight excluding hydrogens is 387 g/mol. The van der Waals surface area contributed by atoms with Crippen molar-refractivity contribution in [3.05, 3.63) is 59.9 Å². The van der Waals surface area contributed by atoms with Crippen molar-refractivity contribution in [2.45, 2.75) is 33.4 Å². The van der Waals surface area contributed by atoms with Crippen LogP contribution >= 0.6 is 0 Å². The van der Waals surface area contributed by atoms with Crippen molar-refractivity contribution in [3.8, 4) is 11.5 Å². The van der Waals surface area contributed by atoms with Crippen molar-refractivity contribution in [3.63, 3.8) is 0 Å². The van der Waals surface area contributed by atoms with E-state index >= 15 is 0 Å². The molecule has 0 radical (unpaired) electrons. The van der Waals surface area contributed by atoms with Gasteiger partial charge in [-0.15, -0.1) is 0 Å². The Morgan fingerprint density at radius 1 is 1.00 bits per heavy atom. The van der Waals surface area contributed by atoms with Crippen molar-refractivity contribution in [2.75, 3.05) is 20.3 Å². The molecule has 0 bridgehead atoms. The first-order valence-corrected chi connectivity index (χ1v) is 9.88. The molecule has 2 rings (SSSR count). The Kier molecular flexibility index (Phi) is 8.65. The average molecular weight is 416 g/mol. The lowest BCUT2D eigenvalue weighted by molar-refractivity contribution is -0.142. The van der Waals surface area contributed by atoms with Crippen molar-refractivity contribution in [1.29, 1.82) is 0 Å². The molecule has 0 aromatic heterocycles. The minimum absolute atomic E-state index is 0.229. The normalized spacial score (nSPS) is 11.7. The summed E-state index contributed by atoms with van der Waals surface area (Å²) in [4.78, 5) is 27.0. The van der Waals surface area contributed by atoms with Crippen LogP contribution < -0.4 is 14.8 Å². The molecule has 6 nitrogen and oxygen atoms in total. The highest BCUT2D eigenvalue weighted by atomic mass is 19.1. The van der Waals surface area contributed by atoms with Gasteiger partial charge in [0.15, 0.2) is 6.61 Å². The molecule has 0 unspecified atom stereocenters. The third kappa shape index (κ3) is 7.06. The number of halogens is 1. The number of benzene rings is 2. The van der Waals surface area contributed by atoms with Gasteiger partial charge >= 0.3 is 0 Å². The number of hydrogen-bond acceptors (Lipinski definition) is 4. The van der Waals surface area contributed by atoms with E-state index in [4.69, 9.17) is 9.47 Å². The molecule has 30 heavy (non-hydrogen) atoms. The topological polar surface area (TPSA) is 67.9 Å². The largest absolute Gasteiger partial charge is 0.497 e. The average Bonchev–Trinajstić information content (AvgIpc) is 2.75. The standard InChI is InChI=1S/C23H29FN2O4/c1-16(2)13-25-23(28)17(3)26(14-18-5-9-20(29-4)10-6-18)22(27)15-30-21-11-7-19(24)8-12-21/h5-12,16-17H,13-15H2,1-4H3,(H,25,28)/t17-/m1/s1. The Balaban J connectivity index is 2.12. The first-order valence-electron chi connectivity index (χ1n) is 9.88. The highest BCUT2D eigenvalue weighted by Crippen LogP contribution is 2.16. The Morgan fingerprint density at radius 3 is 2.17 bits per heavy atom. The first-order chi connectivity index (χ1) is 14.3. The zero-order valence-electron chi connectivity index (χ0n) is 17.9. The Hall–Kier alpha value is -3.09. The van der Waals surface area contributed by atoms with Gasteiger partial charge in [0.05, 0.1) is 7.11 Å². The van der Waals surface area contributed by atoms with E-state index in [1.165, 1.54) is 29.2 Å². The summed E-state index contributed by atoms with van der Waals surface area (Å²) >= 11 is 0. The number of rotatable bonds is 10. The third-order valence-electron chi connectivity index (χ3n) is 4.54. The summed E-state index contributed by atoms with van der Waals surface area (Å²) in [5.41, 5.74) is 0.856. The van der Waals surface area contributed by atoms with Gasteiger partial charge < -0.3 is 19.7 Å². The second-order valence-corrected chi connectivity index (χ2v) is 7.43. The van der Waals surface area contributed by atoms with Crippen LogP contribution in [0.5, 0.6) is 11.5 Å². The highest BCUT2D eigenvalue weighted by Gasteiger charge is 2.26. The van der Waals surface area contributed by atoms with Gasteiger partial charge in [0, 0.05) is 13.1 Å². The number of carbonyl (C=O) groups excluding carboxylic acids is 2. The smallest absolute Gasteiger partial charge is 0.261 e. The van der Waals surface area contributed by atoms with E-state index in [2.05, 4.69) is 5.32 Å². The lowest BCUT2D eigenvalue weighted by Gasteiger charge is -2.29. The van der Waals surface area contributed by atoms with E-state index in [0.717, 1.165) is 5.56 Å². The second kappa shape index (κ2) is 11.2. The summed E-state index contributed by atoms with van der Waals surface area (Å²) in [7, 11) is 1.58. The van der Waals surface area contributed by atoms with E-state index in [-0.39, 0.29) is 30.8 Å². The van der Waals surface area contributed by atoms with Gasteiger partial charge in [-0.05, 0) is 54.8 Å². The maximum Gasteiger partial charge on any atom is 0.261 e. The van der Waals surface area contributed by atoms with Gasteiger partial charge in [-0.3, -0.25) is 9.59 Å². The molecule has 2 amide bonds. The minimum atomic E-state index is -0.685. The van der Waals surface area contributed by atoms with Crippen LogP contribution in [0.1, 0.15) is 26.3 Å². The quantitative estimate of drug-likeness (QED) is 0.645. The molecule has 0 fully saturated rings. The molecule has 162 valence electrons. The fourth-order valence-corrected chi connectivity index (χ4v) is 2.72. The van der Waals surface area contributed by atoms with E-state index in [0.29, 0.717) is 24.0 Å². The number of nitrogens with zero attached hydrogens (tertiary/aromatic N) is 1. The molecule has 1 N–H and O–H groups in total. The van der Waals surface area contributed by atoms with Crippen molar-refractivity contribution >= 4 is 11.8 Å². The van der Waals surface area contributed by atoms with E-state index in [1.54, 1.807) is 26.2 Å². The van der Waals surface area contributed by atoms with E-state index in [9.17, 15) is 14.0 Å². The fourth-order valence-electron chi connectivity index (χ4n) is 2.72. The zero-order valence-corrected chi connectivity index (χ0v) is 17.9. The molecular formula is C23H29FN2O4. The number of amides is 2. The van der Waals surface area contributed by atoms with Crippen LogP contribution in [0.2, 0.25) is 0 Å². The molecule has 2 aromatic carbocycles. The molecule has 2 aromatic rings. The summed E-state index contributed by atoms with van der Waals surface area (Å²) in [5.74, 6) is 0.429. The summed E-state index contributed by atoms with van der Waals surface area (Å²) in [6, 6.07) is 12.0. The lowest BCUT2D eigenvalue weighted by Crippen LogP contribution is -2.49. The molecule has 0 aliphatic heterocycles. The third-order valence-corrected chi connectivity index (χ3v) is 4.54. The summed E-state index contributed by atoms with van der Waals surface area (Å²) in [6.07, 6.45) is 0. The number of ether oxygens (including phenoxy) is 2. The maximum absolute atomic E-state index is 13.1. The van der Waals surface area contributed by atoms with Gasteiger partial charge in [0.25, 0.3) is 5.91 Å². The molecule has 1 atom stereocenters. The van der Waals surface area contributed by atoms with Gasteiger partial charge in [-0.25, -0.2) is 4.39 Å². The van der Waals surface area contributed by atoms with E-state index in [1.807, 2.05) is 26.0 Å². The predicted octanol–water partition coefficient (Wildman–Crippen LogP) is 3.40. The monoisotopic (exact) mass is 416 g/mol. The number of carbonyl (C=O) groups is 2. The van der Waals surface area contributed by atoms with Crippen LogP contribution in [0, 0.1) is 11.7 Å². The summed E-state index contributed by atoms with van der Waals surface area (Å²) in [5, 5.41) is 2.87. The van der Waals surface area contributed by atoms with Crippen molar-refractivity contribution < 1.29 is 23.5 Å². The molecule has 7 heteroatoms. The Bertz CT molecular complexity index is 822. The Morgan fingerprint density at radius 2 is 1.60 bits per heavy atom. The molecule has 0 saturated carbocycles. The fraction of sp³-hybridized carbons (Fsp3) is 0.391. The van der Waals surface area contributed by atoms with Gasteiger partial charge in [0.2, 0.25) is 5.91 Å². The highest BCUT2D eigenvalue weighted by molar-refractivity contribution is 5.87.